The molecule has 0 aliphatic carbocycles. The van der Waals surface area contributed by atoms with Crippen molar-refractivity contribution in [2.24, 2.45) is 5.73 Å². The third kappa shape index (κ3) is 6.91. The Kier molecular flexibility index (Phi) is 9.03. The van der Waals surface area contributed by atoms with Gasteiger partial charge >= 0.3 is 0 Å². The van der Waals surface area contributed by atoms with E-state index in [9.17, 15) is 5.26 Å². The molecular formula is C50H39N3. The van der Waals surface area contributed by atoms with Crippen molar-refractivity contribution < 1.29 is 0 Å². The van der Waals surface area contributed by atoms with Crippen LogP contribution < -0.4 is 5.73 Å². The molecule has 0 aliphatic heterocycles. The summed E-state index contributed by atoms with van der Waals surface area (Å²) < 4.78 is 2.39. The van der Waals surface area contributed by atoms with Crippen LogP contribution in [0, 0.1) is 25.2 Å². The lowest BCUT2D eigenvalue weighted by Gasteiger charge is -2.13. The monoisotopic (exact) mass is 681 g/mol. The third-order valence-electron chi connectivity index (χ3n) is 9.94. The van der Waals surface area contributed by atoms with E-state index in [0.717, 1.165) is 51.1 Å². The zero-order valence-corrected chi connectivity index (χ0v) is 29.9. The quantitative estimate of drug-likeness (QED) is 0.162. The topological polar surface area (TPSA) is 54.7 Å². The summed E-state index contributed by atoms with van der Waals surface area (Å²) in [5.41, 5.74) is 22.8. The molecule has 3 heteroatoms. The Bertz CT molecular complexity index is 2680. The number of fused-ring (bicyclic) bond motifs is 3. The van der Waals surface area contributed by atoms with E-state index in [-0.39, 0.29) is 0 Å². The fourth-order valence-electron chi connectivity index (χ4n) is 7.23. The van der Waals surface area contributed by atoms with Crippen molar-refractivity contribution in [3.63, 3.8) is 0 Å². The fourth-order valence-corrected chi connectivity index (χ4v) is 7.23. The summed E-state index contributed by atoms with van der Waals surface area (Å²) in [5.74, 6) is 0. The smallest absolute Gasteiger partial charge is 0.0991 e. The Morgan fingerprint density at radius 1 is 0.585 bits per heavy atom. The maximum absolute atomic E-state index is 9.45. The number of nitrogens with zero attached hydrogens (tertiary/aromatic N) is 2. The van der Waals surface area contributed by atoms with Gasteiger partial charge in [-0.25, -0.2) is 0 Å². The molecule has 2 N–H and O–H groups in total. The highest BCUT2D eigenvalue weighted by Crippen LogP contribution is 2.35. The Labute approximate surface area is 311 Å². The van der Waals surface area contributed by atoms with E-state index in [0.29, 0.717) is 11.3 Å². The number of nitrogens with two attached hydrogens (primary N) is 1. The summed E-state index contributed by atoms with van der Waals surface area (Å²) in [6.45, 7) is 4.32. The molecule has 1 aromatic heterocycles. The van der Waals surface area contributed by atoms with Crippen molar-refractivity contribution in [2.45, 2.75) is 20.3 Å². The normalized spacial score (nSPS) is 11.9. The molecule has 0 amide bonds. The first kappa shape index (κ1) is 33.3. The molecule has 8 rings (SSSR count). The minimum absolute atomic E-state index is 0.633. The SMILES string of the molecule is Cc1ccc2c(c1)c1cc(C)ccc1n2-c1cccc(-c2cccc(C(/C=C(\N)c3cccc(-c4cccc(C#N)c4)c3)=C/Cc3ccccc3)c2)c1. The van der Waals surface area contributed by atoms with Crippen LogP contribution in [-0.4, -0.2) is 4.57 Å². The second-order valence-corrected chi connectivity index (χ2v) is 13.7. The molecule has 0 radical (unpaired) electrons. The lowest BCUT2D eigenvalue weighted by Crippen LogP contribution is -1.98. The van der Waals surface area contributed by atoms with Crippen LogP contribution in [0.25, 0.3) is 61.0 Å². The van der Waals surface area contributed by atoms with Crippen LogP contribution in [0.5, 0.6) is 0 Å². The van der Waals surface area contributed by atoms with Crippen LogP contribution in [0.3, 0.4) is 0 Å². The van der Waals surface area contributed by atoms with Crippen LogP contribution in [0.2, 0.25) is 0 Å². The third-order valence-corrected chi connectivity index (χ3v) is 9.94. The van der Waals surface area contributed by atoms with Gasteiger partial charge in [-0.05, 0) is 132 Å². The summed E-state index contributed by atoms with van der Waals surface area (Å²) in [5, 5.41) is 12.0. The molecule has 0 saturated heterocycles. The molecule has 3 nitrogen and oxygen atoms in total. The summed E-state index contributed by atoms with van der Waals surface area (Å²) >= 11 is 0. The van der Waals surface area contributed by atoms with Crippen molar-refractivity contribution in [1.29, 1.82) is 5.26 Å². The van der Waals surface area contributed by atoms with Gasteiger partial charge in [0, 0.05) is 22.2 Å². The molecule has 0 unspecified atom stereocenters. The van der Waals surface area contributed by atoms with E-state index in [1.165, 1.54) is 38.5 Å². The van der Waals surface area contributed by atoms with Gasteiger partial charge in [-0.3, -0.25) is 0 Å². The van der Waals surface area contributed by atoms with E-state index < -0.39 is 0 Å². The second-order valence-electron chi connectivity index (χ2n) is 13.7. The molecule has 8 aromatic rings. The highest BCUT2D eigenvalue weighted by Gasteiger charge is 2.14. The van der Waals surface area contributed by atoms with Crippen molar-refractivity contribution in [3.8, 4) is 34.0 Å². The van der Waals surface area contributed by atoms with Crippen LogP contribution in [-0.2, 0) is 6.42 Å². The largest absolute Gasteiger partial charge is 0.398 e. The first-order chi connectivity index (χ1) is 25.9. The van der Waals surface area contributed by atoms with Gasteiger partial charge in [-0.1, -0.05) is 120 Å². The maximum Gasteiger partial charge on any atom is 0.0991 e. The van der Waals surface area contributed by atoms with Crippen LogP contribution in [0.1, 0.15) is 33.4 Å². The molecule has 1 heterocycles. The lowest BCUT2D eigenvalue weighted by molar-refractivity contribution is 1.18. The zero-order valence-electron chi connectivity index (χ0n) is 29.9. The molecule has 7 aromatic carbocycles. The first-order valence-electron chi connectivity index (χ1n) is 18.0. The Balaban J connectivity index is 1.19. The van der Waals surface area contributed by atoms with Crippen LogP contribution in [0.4, 0.5) is 0 Å². The number of aryl methyl sites for hydroxylation is 2. The number of hydrogen-bond donors (Lipinski definition) is 1. The van der Waals surface area contributed by atoms with Gasteiger partial charge in [-0.2, -0.15) is 5.26 Å². The summed E-state index contributed by atoms with van der Waals surface area (Å²) in [7, 11) is 0. The molecule has 0 aliphatic rings. The van der Waals surface area contributed by atoms with Crippen LogP contribution >= 0.6 is 0 Å². The van der Waals surface area contributed by atoms with Crippen molar-refractivity contribution in [3.05, 3.63) is 209 Å². The standard InChI is InChI=1S/C50H39N3/c1-34-20-24-49-46(26-34)47-27-35(2)21-25-50(47)53(49)45-19-9-17-42(31-45)39-14-7-15-40(29-39)43(23-22-36-10-4-3-5-11-36)32-48(52)44-18-8-16-41(30-44)38-13-6-12-37(28-38)33-51/h3-21,23-32H,22,52H2,1-2H3/b43-23+,48-32-. The molecule has 53 heavy (non-hydrogen) atoms. The highest BCUT2D eigenvalue weighted by atomic mass is 15.0. The van der Waals surface area contributed by atoms with Gasteiger partial charge in [0.1, 0.15) is 0 Å². The second kappa shape index (κ2) is 14.4. The van der Waals surface area contributed by atoms with E-state index in [1.54, 1.807) is 0 Å². The summed E-state index contributed by atoms with van der Waals surface area (Å²) in [4.78, 5) is 0. The van der Waals surface area contributed by atoms with Gasteiger partial charge in [0.2, 0.25) is 0 Å². The average molecular weight is 682 g/mol. The first-order valence-corrected chi connectivity index (χ1v) is 18.0. The van der Waals surface area contributed by atoms with Gasteiger partial charge in [0.05, 0.1) is 22.7 Å². The molecule has 254 valence electrons. The molecular weight excluding hydrogens is 643 g/mol. The number of aromatic nitrogens is 1. The number of benzene rings is 7. The minimum atomic E-state index is 0.633. The molecule has 0 fully saturated rings. The Morgan fingerprint density at radius 2 is 1.15 bits per heavy atom. The highest BCUT2D eigenvalue weighted by molar-refractivity contribution is 6.09. The predicted molar refractivity (Wildman–Crippen MR) is 223 cm³/mol. The molecule has 0 saturated carbocycles. The van der Waals surface area contributed by atoms with Gasteiger partial charge in [0.25, 0.3) is 0 Å². The fraction of sp³-hybridized carbons (Fsp3) is 0.0600. The molecule has 0 bridgehead atoms. The Morgan fingerprint density at radius 3 is 1.81 bits per heavy atom. The van der Waals surface area contributed by atoms with Crippen molar-refractivity contribution >= 4 is 33.1 Å². The van der Waals surface area contributed by atoms with Crippen molar-refractivity contribution in [2.75, 3.05) is 0 Å². The van der Waals surface area contributed by atoms with E-state index >= 15 is 0 Å². The number of nitriles is 1. The van der Waals surface area contributed by atoms with Crippen LogP contribution in [0.15, 0.2) is 176 Å². The lowest BCUT2D eigenvalue weighted by atomic mass is 9.95. The van der Waals surface area contributed by atoms with Gasteiger partial charge in [-0.15, -0.1) is 0 Å². The van der Waals surface area contributed by atoms with Crippen molar-refractivity contribution in [1.82, 2.24) is 4.57 Å². The predicted octanol–water partition coefficient (Wildman–Crippen LogP) is 12.2. The minimum Gasteiger partial charge on any atom is -0.398 e. The maximum atomic E-state index is 9.45. The zero-order chi connectivity index (χ0) is 36.3. The van der Waals surface area contributed by atoms with E-state index in [2.05, 4.69) is 158 Å². The average Bonchev–Trinajstić information content (AvgIpc) is 3.52. The van der Waals surface area contributed by atoms with E-state index in [4.69, 9.17) is 5.73 Å². The molecule has 0 atom stereocenters. The number of rotatable bonds is 8. The van der Waals surface area contributed by atoms with E-state index in [1.807, 2.05) is 42.5 Å². The number of allylic oxidation sites excluding steroid dienone is 3. The molecule has 0 spiro atoms. The summed E-state index contributed by atoms with van der Waals surface area (Å²) in [6.07, 6.45) is 5.12. The number of hydrogen-bond acceptors (Lipinski definition) is 2. The van der Waals surface area contributed by atoms with Gasteiger partial charge in [0.15, 0.2) is 0 Å². The van der Waals surface area contributed by atoms with Gasteiger partial charge < -0.3 is 10.3 Å². The summed E-state index contributed by atoms with van der Waals surface area (Å²) in [6, 6.07) is 59.7. The Hall–Kier alpha value is -6.89.